The lowest BCUT2D eigenvalue weighted by Gasteiger charge is -2.35. The van der Waals surface area contributed by atoms with Crippen LogP contribution in [0.1, 0.15) is 59.8 Å². The predicted octanol–water partition coefficient (Wildman–Crippen LogP) is 2.80. The minimum Gasteiger partial charge on any atom is -0.341 e. The van der Waals surface area contributed by atoms with Crippen LogP contribution in [0.25, 0.3) is 0 Å². The van der Waals surface area contributed by atoms with E-state index in [0.29, 0.717) is 11.8 Å². The Morgan fingerprint density at radius 1 is 1.39 bits per heavy atom. The molecule has 0 spiro atoms. The van der Waals surface area contributed by atoms with Crippen LogP contribution >= 0.6 is 0 Å². The van der Waals surface area contributed by atoms with Gasteiger partial charge in [-0.05, 0) is 38.6 Å². The number of amides is 1. The minimum absolute atomic E-state index is 0.252. The van der Waals surface area contributed by atoms with E-state index in [2.05, 4.69) is 37.9 Å². The molecule has 1 aliphatic heterocycles. The Bertz CT molecular complexity index is 259. The molecule has 0 aromatic rings. The minimum atomic E-state index is -0.252. The standard InChI is InChI=1S/C15H30N2O/c1-5-9-15(10-8-11-16-15)14(18)17(7-3)12-13(4)6-2/h13,16H,5-12H2,1-4H3. The number of nitrogens with zero attached hydrogens (tertiary/aromatic N) is 1. The summed E-state index contributed by atoms with van der Waals surface area (Å²) >= 11 is 0. The first-order valence-electron chi connectivity index (χ1n) is 7.64. The molecular weight excluding hydrogens is 224 g/mol. The Morgan fingerprint density at radius 3 is 2.56 bits per heavy atom. The van der Waals surface area contributed by atoms with Crippen LogP contribution in [0.4, 0.5) is 0 Å². The van der Waals surface area contributed by atoms with Crippen LogP contribution in [-0.4, -0.2) is 36.0 Å². The number of likely N-dealkylation sites (N-methyl/N-ethyl adjacent to an activating group) is 1. The third-order valence-corrected chi connectivity index (χ3v) is 4.23. The van der Waals surface area contributed by atoms with Gasteiger partial charge < -0.3 is 10.2 Å². The van der Waals surface area contributed by atoms with Crippen molar-refractivity contribution in [1.82, 2.24) is 10.2 Å². The van der Waals surface area contributed by atoms with Gasteiger partial charge in [-0.3, -0.25) is 4.79 Å². The molecule has 1 heterocycles. The average Bonchev–Trinajstić information content (AvgIpc) is 2.85. The first-order valence-corrected chi connectivity index (χ1v) is 7.64. The third kappa shape index (κ3) is 3.47. The average molecular weight is 254 g/mol. The van der Waals surface area contributed by atoms with Gasteiger partial charge in [0.1, 0.15) is 0 Å². The lowest BCUT2D eigenvalue weighted by atomic mass is 9.89. The van der Waals surface area contributed by atoms with Crippen molar-refractivity contribution < 1.29 is 4.79 Å². The topological polar surface area (TPSA) is 32.3 Å². The molecule has 3 nitrogen and oxygen atoms in total. The van der Waals surface area contributed by atoms with Gasteiger partial charge >= 0.3 is 0 Å². The van der Waals surface area contributed by atoms with Crippen LogP contribution in [0.2, 0.25) is 0 Å². The molecule has 0 radical (unpaired) electrons. The normalized spacial score (nSPS) is 25.1. The van der Waals surface area contributed by atoms with Crippen molar-refractivity contribution in [3.8, 4) is 0 Å². The summed E-state index contributed by atoms with van der Waals surface area (Å²) in [5, 5.41) is 3.49. The highest BCUT2D eigenvalue weighted by Gasteiger charge is 2.42. The van der Waals surface area contributed by atoms with Gasteiger partial charge in [-0.15, -0.1) is 0 Å². The summed E-state index contributed by atoms with van der Waals surface area (Å²) in [6, 6.07) is 0. The van der Waals surface area contributed by atoms with E-state index in [1.54, 1.807) is 0 Å². The number of hydrogen-bond donors (Lipinski definition) is 1. The maximum atomic E-state index is 12.8. The van der Waals surface area contributed by atoms with Gasteiger partial charge in [0.25, 0.3) is 0 Å². The summed E-state index contributed by atoms with van der Waals surface area (Å²) in [5.74, 6) is 0.929. The van der Waals surface area contributed by atoms with Crippen molar-refractivity contribution in [3.63, 3.8) is 0 Å². The van der Waals surface area contributed by atoms with Crippen LogP contribution in [0.15, 0.2) is 0 Å². The highest BCUT2D eigenvalue weighted by atomic mass is 16.2. The first-order chi connectivity index (χ1) is 8.59. The molecule has 0 saturated carbocycles. The highest BCUT2D eigenvalue weighted by molar-refractivity contribution is 5.86. The molecule has 0 bridgehead atoms. The van der Waals surface area contributed by atoms with E-state index in [1.165, 1.54) is 0 Å². The van der Waals surface area contributed by atoms with E-state index in [1.807, 2.05) is 0 Å². The van der Waals surface area contributed by atoms with Crippen LogP contribution in [0.3, 0.4) is 0 Å². The molecule has 1 aliphatic rings. The molecule has 1 N–H and O–H groups in total. The summed E-state index contributed by atoms with van der Waals surface area (Å²) in [4.78, 5) is 14.9. The third-order valence-electron chi connectivity index (χ3n) is 4.23. The summed E-state index contributed by atoms with van der Waals surface area (Å²) in [5.41, 5.74) is -0.252. The van der Waals surface area contributed by atoms with Gasteiger partial charge in [0.05, 0.1) is 5.54 Å². The number of rotatable bonds is 7. The highest BCUT2D eigenvalue weighted by Crippen LogP contribution is 2.27. The maximum Gasteiger partial charge on any atom is 0.242 e. The fourth-order valence-electron chi connectivity index (χ4n) is 2.90. The number of carbonyl (C=O) groups is 1. The lowest BCUT2D eigenvalue weighted by Crippen LogP contribution is -2.55. The zero-order valence-electron chi connectivity index (χ0n) is 12.6. The van der Waals surface area contributed by atoms with Crippen LogP contribution in [-0.2, 0) is 4.79 Å². The smallest absolute Gasteiger partial charge is 0.242 e. The number of carbonyl (C=O) groups excluding carboxylic acids is 1. The molecule has 2 atom stereocenters. The molecule has 0 aromatic heterocycles. The Hall–Kier alpha value is -0.570. The van der Waals surface area contributed by atoms with E-state index in [0.717, 1.165) is 51.7 Å². The fourth-order valence-corrected chi connectivity index (χ4v) is 2.90. The number of hydrogen-bond acceptors (Lipinski definition) is 2. The fraction of sp³-hybridized carbons (Fsp3) is 0.933. The zero-order valence-corrected chi connectivity index (χ0v) is 12.6. The molecule has 18 heavy (non-hydrogen) atoms. The van der Waals surface area contributed by atoms with E-state index in [9.17, 15) is 4.79 Å². The summed E-state index contributed by atoms with van der Waals surface area (Å²) < 4.78 is 0. The Labute approximate surface area is 112 Å². The first kappa shape index (κ1) is 15.5. The second-order valence-electron chi connectivity index (χ2n) is 5.72. The van der Waals surface area contributed by atoms with Crippen molar-refractivity contribution in [1.29, 1.82) is 0 Å². The van der Waals surface area contributed by atoms with Gasteiger partial charge in [-0.2, -0.15) is 0 Å². The summed E-state index contributed by atoms with van der Waals surface area (Å²) in [7, 11) is 0. The molecule has 1 saturated heterocycles. The second-order valence-corrected chi connectivity index (χ2v) is 5.72. The van der Waals surface area contributed by atoms with Gasteiger partial charge in [0.2, 0.25) is 5.91 Å². The zero-order chi connectivity index (χ0) is 13.6. The Balaban J connectivity index is 2.73. The lowest BCUT2D eigenvalue weighted by molar-refractivity contribution is -0.138. The second kappa shape index (κ2) is 7.13. The molecule has 0 aromatic carbocycles. The Kier molecular flexibility index (Phi) is 6.13. The summed E-state index contributed by atoms with van der Waals surface area (Å²) in [6.45, 7) is 11.4. The van der Waals surface area contributed by atoms with E-state index in [4.69, 9.17) is 0 Å². The number of nitrogens with one attached hydrogen (secondary N) is 1. The van der Waals surface area contributed by atoms with Crippen LogP contribution in [0, 0.1) is 5.92 Å². The van der Waals surface area contributed by atoms with Crippen molar-refractivity contribution >= 4 is 5.91 Å². The summed E-state index contributed by atoms with van der Waals surface area (Å²) in [6.07, 6.45) is 5.32. The molecule has 0 aliphatic carbocycles. The van der Waals surface area contributed by atoms with Crippen molar-refractivity contribution in [2.24, 2.45) is 5.92 Å². The maximum absolute atomic E-state index is 12.8. The van der Waals surface area contributed by atoms with Gasteiger partial charge in [0, 0.05) is 13.1 Å². The SMILES string of the molecule is CCCC1(C(=O)N(CC)CC(C)CC)CCCN1. The van der Waals surface area contributed by atoms with Crippen LogP contribution in [0.5, 0.6) is 0 Å². The van der Waals surface area contributed by atoms with Crippen molar-refractivity contribution in [2.75, 3.05) is 19.6 Å². The quantitative estimate of drug-likeness (QED) is 0.757. The van der Waals surface area contributed by atoms with E-state index in [-0.39, 0.29) is 5.54 Å². The molecule has 3 heteroatoms. The van der Waals surface area contributed by atoms with E-state index >= 15 is 0 Å². The largest absolute Gasteiger partial charge is 0.341 e. The van der Waals surface area contributed by atoms with Gasteiger partial charge in [-0.25, -0.2) is 0 Å². The van der Waals surface area contributed by atoms with Crippen molar-refractivity contribution in [2.45, 2.75) is 65.3 Å². The Morgan fingerprint density at radius 2 is 2.11 bits per heavy atom. The van der Waals surface area contributed by atoms with Gasteiger partial charge in [0.15, 0.2) is 0 Å². The predicted molar refractivity (Wildman–Crippen MR) is 76.6 cm³/mol. The van der Waals surface area contributed by atoms with E-state index < -0.39 is 0 Å². The molecular formula is C15H30N2O. The molecule has 106 valence electrons. The monoisotopic (exact) mass is 254 g/mol. The van der Waals surface area contributed by atoms with Gasteiger partial charge in [-0.1, -0.05) is 33.6 Å². The van der Waals surface area contributed by atoms with Crippen molar-refractivity contribution in [3.05, 3.63) is 0 Å². The molecule has 1 amide bonds. The molecule has 1 rings (SSSR count). The van der Waals surface area contributed by atoms with Crippen LogP contribution < -0.4 is 5.32 Å². The molecule has 2 unspecified atom stereocenters. The molecule has 1 fully saturated rings.